The van der Waals surface area contributed by atoms with Crippen molar-refractivity contribution < 1.29 is 14.6 Å². The zero-order chi connectivity index (χ0) is 14.4. The van der Waals surface area contributed by atoms with Gasteiger partial charge in [0.25, 0.3) is 0 Å². The van der Waals surface area contributed by atoms with E-state index in [1.54, 1.807) is 12.1 Å². The molecule has 0 atom stereocenters. The molecule has 0 saturated heterocycles. The molecule has 2 rings (SSSR count). The Morgan fingerprint density at radius 3 is 2.40 bits per heavy atom. The number of aliphatic hydroxyl groups excluding tert-OH is 1. The summed E-state index contributed by atoms with van der Waals surface area (Å²) < 4.78 is 4.54. The summed E-state index contributed by atoms with van der Waals surface area (Å²) in [4.78, 5) is 11.2. The third kappa shape index (κ3) is 3.52. The van der Waals surface area contributed by atoms with Crippen molar-refractivity contribution in [2.24, 2.45) is 0 Å². The number of hydrogen-bond donors (Lipinski definition) is 2. The monoisotopic (exact) mass is 273 g/mol. The molecule has 20 heavy (non-hydrogen) atoms. The highest BCUT2D eigenvalue weighted by Gasteiger charge is 2.07. The van der Waals surface area contributed by atoms with E-state index in [-0.39, 0.29) is 12.3 Å². The molecule has 0 radical (unpaired) electrons. The molecular weight excluding hydrogens is 258 g/mol. The number of aliphatic hydroxyl groups is 1. The highest BCUT2D eigenvalue weighted by Crippen LogP contribution is 2.08. The number of anilines is 1. The Labute approximate surface area is 116 Å². The summed E-state index contributed by atoms with van der Waals surface area (Å²) in [5, 5.41) is 19.7. The first-order chi connectivity index (χ1) is 9.72. The molecule has 0 aliphatic carbocycles. The molecule has 2 N–H and O–H groups in total. The van der Waals surface area contributed by atoms with Crippen LogP contribution in [0.1, 0.15) is 21.6 Å². The van der Waals surface area contributed by atoms with Gasteiger partial charge >= 0.3 is 5.97 Å². The summed E-state index contributed by atoms with van der Waals surface area (Å²) in [6, 6.07) is 10.8. The number of ether oxygens (including phenoxy) is 1. The largest absolute Gasteiger partial charge is 0.464 e. The highest BCUT2D eigenvalue weighted by atomic mass is 16.5. The van der Waals surface area contributed by atoms with Crippen molar-refractivity contribution >= 4 is 11.8 Å². The van der Waals surface area contributed by atoms with Crippen molar-refractivity contribution in [2.45, 2.75) is 13.2 Å². The first-order valence-corrected chi connectivity index (χ1v) is 6.07. The van der Waals surface area contributed by atoms with E-state index in [2.05, 4.69) is 20.3 Å². The predicted octanol–water partition coefficient (Wildman–Crippen LogP) is 1.37. The van der Waals surface area contributed by atoms with Gasteiger partial charge in [0.15, 0.2) is 5.69 Å². The van der Waals surface area contributed by atoms with E-state index in [0.29, 0.717) is 12.4 Å². The van der Waals surface area contributed by atoms with Crippen LogP contribution in [0.3, 0.4) is 0 Å². The van der Waals surface area contributed by atoms with Crippen LogP contribution in [0.25, 0.3) is 0 Å². The lowest BCUT2D eigenvalue weighted by atomic mass is 10.1. The molecule has 104 valence electrons. The molecule has 0 saturated carbocycles. The lowest BCUT2D eigenvalue weighted by Crippen LogP contribution is -2.08. The predicted molar refractivity (Wildman–Crippen MR) is 73.1 cm³/mol. The normalized spacial score (nSPS) is 10.1. The van der Waals surface area contributed by atoms with Crippen molar-refractivity contribution in [3.8, 4) is 0 Å². The van der Waals surface area contributed by atoms with Crippen LogP contribution in [0, 0.1) is 0 Å². The summed E-state index contributed by atoms with van der Waals surface area (Å²) in [5.41, 5.74) is 2.10. The zero-order valence-corrected chi connectivity index (χ0v) is 11.0. The van der Waals surface area contributed by atoms with Gasteiger partial charge in [-0.1, -0.05) is 24.3 Å². The number of methoxy groups -OCH3 is 1. The number of aromatic nitrogens is 2. The fourth-order valence-corrected chi connectivity index (χ4v) is 1.60. The lowest BCUT2D eigenvalue weighted by Gasteiger charge is -2.06. The highest BCUT2D eigenvalue weighted by molar-refractivity contribution is 5.86. The molecule has 0 aliphatic rings. The Hall–Kier alpha value is -2.47. The summed E-state index contributed by atoms with van der Waals surface area (Å²) in [6.07, 6.45) is 0. The van der Waals surface area contributed by atoms with E-state index in [1.165, 1.54) is 7.11 Å². The average molecular weight is 273 g/mol. The second-order valence-corrected chi connectivity index (χ2v) is 4.12. The fraction of sp³-hybridized carbons (Fsp3) is 0.214. The summed E-state index contributed by atoms with van der Waals surface area (Å²) in [5.74, 6) is 0.0625. The van der Waals surface area contributed by atoms with Gasteiger partial charge in [0.05, 0.1) is 13.7 Å². The number of rotatable bonds is 5. The molecule has 6 heteroatoms. The molecule has 0 aliphatic heterocycles. The molecule has 0 amide bonds. The van der Waals surface area contributed by atoms with E-state index in [9.17, 15) is 4.79 Å². The number of carbonyl (C=O) groups excluding carboxylic acids is 1. The molecule has 1 aromatic carbocycles. The van der Waals surface area contributed by atoms with Crippen molar-refractivity contribution in [3.63, 3.8) is 0 Å². The Balaban J connectivity index is 1.94. The van der Waals surface area contributed by atoms with Crippen LogP contribution in [-0.4, -0.2) is 28.4 Å². The van der Waals surface area contributed by atoms with E-state index >= 15 is 0 Å². The lowest BCUT2D eigenvalue weighted by molar-refractivity contribution is 0.0593. The molecular formula is C14H15N3O3. The Morgan fingerprint density at radius 2 is 1.85 bits per heavy atom. The maximum atomic E-state index is 11.2. The molecule has 0 bridgehead atoms. The molecule has 0 unspecified atom stereocenters. The van der Waals surface area contributed by atoms with E-state index < -0.39 is 5.97 Å². The van der Waals surface area contributed by atoms with Crippen LogP contribution in [0.2, 0.25) is 0 Å². The van der Waals surface area contributed by atoms with Crippen molar-refractivity contribution in [2.75, 3.05) is 12.4 Å². The van der Waals surface area contributed by atoms with Crippen LogP contribution in [-0.2, 0) is 17.9 Å². The second kappa shape index (κ2) is 6.63. The summed E-state index contributed by atoms with van der Waals surface area (Å²) in [6.45, 7) is 0.617. The van der Waals surface area contributed by atoms with E-state index in [4.69, 9.17) is 5.11 Å². The van der Waals surface area contributed by atoms with Gasteiger partial charge < -0.3 is 15.2 Å². The maximum absolute atomic E-state index is 11.2. The van der Waals surface area contributed by atoms with Crippen molar-refractivity contribution in [3.05, 3.63) is 53.2 Å². The molecule has 1 heterocycles. The smallest absolute Gasteiger partial charge is 0.358 e. The van der Waals surface area contributed by atoms with Gasteiger partial charge in [-0.05, 0) is 23.3 Å². The van der Waals surface area contributed by atoms with Gasteiger partial charge in [0.2, 0.25) is 0 Å². The average Bonchev–Trinajstić information content (AvgIpc) is 2.53. The molecule has 1 aromatic heterocycles. The summed E-state index contributed by atoms with van der Waals surface area (Å²) in [7, 11) is 1.30. The number of nitrogens with zero attached hydrogens (tertiary/aromatic N) is 2. The van der Waals surface area contributed by atoms with Gasteiger partial charge in [-0.15, -0.1) is 10.2 Å². The van der Waals surface area contributed by atoms with Crippen molar-refractivity contribution in [1.29, 1.82) is 0 Å². The van der Waals surface area contributed by atoms with Crippen LogP contribution in [0.15, 0.2) is 36.4 Å². The van der Waals surface area contributed by atoms with E-state index in [1.807, 2.05) is 24.3 Å². The van der Waals surface area contributed by atoms with Crippen LogP contribution < -0.4 is 5.32 Å². The van der Waals surface area contributed by atoms with Gasteiger partial charge in [-0.3, -0.25) is 0 Å². The summed E-state index contributed by atoms with van der Waals surface area (Å²) >= 11 is 0. The Kier molecular flexibility index (Phi) is 4.62. The third-order valence-corrected chi connectivity index (χ3v) is 2.74. The van der Waals surface area contributed by atoms with Gasteiger partial charge in [0.1, 0.15) is 5.82 Å². The molecule has 0 spiro atoms. The van der Waals surface area contributed by atoms with E-state index in [0.717, 1.165) is 11.1 Å². The SMILES string of the molecule is COC(=O)c1ccc(NCc2ccc(CO)cc2)nn1. The minimum Gasteiger partial charge on any atom is -0.464 e. The molecule has 2 aromatic rings. The fourth-order valence-electron chi connectivity index (χ4n) is 1.60. The second-order valence-electron chi connectivity index (χ2n) is 4.12. The zero-order valence-electron chi connectivity index (χ0n) is 11.0. The van der Waals surface area contributed by atoms with Crippen molar-refractivity contribution in [1.82, 2.24) is 10.2 Å². The number of benzene rings is 1. The number of hydrogen-bond acceptors (Lipinski definition) is 6. The number of nitrogens with one attached hydrogen (secondary N) is 1. The van der Waals surface area contributed by atoms with Gasteiger partial charge in [-0.25, -0.2) is 4.79 Å². The van der Waals surface area contributed by atoms with Crippen LogP contribution in [0.5, 0.6) is 0 Å². The Bertz CT molecular complexity index is 567. The first-order valence-electron chi connectivity index (χ1n) is 6.07. The molecule has 0 fully saturated rings. The number of esters is 1. The quantitative estimate of drug-likeness (QED) is 0.800. The molecule has 6 nitrogen and oxygen atoms in total. The minimum atomic E-state index is -0.511. The van der Waals surface area contributed by atoms with Crippen LogP contribution in [0.4, 0.5) is 5.82 Å². The van der Waals surface area contributed by atoms with Crippen LogP contribution >= 0.6 is 0 Å². The maximum Gasteiger partial charge on any atom is 0.358 e. The van der Waals surface area contributed by atoms with Gasteiger partial charge in [0, 0.05) is 6.54 Å². The standard InChI is InChI=1S/C14H15N3O3/c1-20-14(19)12-6-7-13(17-16-12)15-8-10-2-4-11(9-18)5-3-10/h2-7,18H,8-9H2,1H3,(H,15,17). The van der Waals surface area contributed by atoms with Gasteiger partial charge in [-0.2, -0.15) is 0 Å². The third-order valence-electron chi connectivity index (χ3n) is 2.74. The first kappa shape index (κ1) is 14.0. The number of carbonyl (C=O) groups is 1. The minimum absolute atomic E-state index is 0.0359. The Morgan fingerprint density at radius 1 is 1.15 bits per heavy atom. The topological polar surface area (TPSA) is 84.3 Å².